The van der Waals surface area contributed by atoms with E-state index in [4.69, 9.17) is 23.2 Å². The van der Waals surface area contributed by atoms with E-state index >= 15 is 0 Å². The minimum Gasteiger partial charge on any atom is -0.379 e. The number of piperidine rings is 1. The molecule has 1 saturated heterocycles. The van der Waals surface area contributed by atoms with Gasteiger partial charge in [-0.1, -0.05) is 39.1 Å². The van der Waals surface area contributed by atoms with Crippen LogP contribution in [-0.4, -0.2) is 31.1 Å². The Bertz CT molecular complexity index is 388. The van der Waals surface area contributed by atoms with Gasteiger partial charge in [0.05, 0.1) is 15.7 Å². The van der Waals surface area contributed by atoms with Crippen LogP contribution in [0.4, 0.5) is 5.69 Å². The van der Waals surface area contributed by atoms with Gasteiger partial charge in [-0.15, -0.1) is 0 Å². The third kappa shape index (κ3) is 3.50. The lowest BCUT2D eigenvalue weighted by Crippen LogP contribution is -2.39. The number of hydrogen-bond donors (Lipinski definition) is 1. The second kappa shape index (κ2) is 5.79. The number of nitrogens with zero attached hydrogens (tertiary/aromatic N) is 1. The highest BCUT2D eigenvalue weighted by Crippen LogP contribution is 2.34. The normalized spacial score (nSPS) is 21.5. The summed E-state index contributed by atoms with van der Waals surface area (Å²) in [6.07, 6.45) is 2.37. The van der Waals surface area contributed by atoms with Crippen molar-refractivity contribution in [3.63, 3.8) is 0 Å². The summed E-state index contributed by atoms with van der Waals surface area (Å²) in [6, 6.07) is 4.15. The molecule has 0 aliphatic carbocycles. The van der Waals surface area contributed by atoms with Crippen molar-refractivity contribution in [2.45, 2.75) is 18.9 Å². The molecule has 1 heterocycles. The maximum Gasteiger partial charge on any atom is 0.0722 e. The van der Waals surface area contributed by atoms with Crippen LogP contribution in [0.15, 0.2) is 16.6 Å². The smallest absolute Gasteiger partial charge is 0.0722 e. The Morgan fingerprint density at radius 2 is 2.00 bits per heavy atom. The molecule has 0 spiro atoms. The van der Waals surface area contributed by atoms with Crippen LogP contribution < -0.4 is 5.32 Å². The maximum absolute atomic E-state index is 6.20. The van der Waals surface area contributed by atoms with Crippen LogP contribution >= 0.6 is 39.1 Å². The molecule has 1 fully saturated rings. The van der Waals surface area contributed by atoms with Crippen LogP contribution in [0.3, 0.4) is 0 Å². The number of rotatable bonds is 2. The zero-order valence-electron chi connectivity index (χ0n) is 9.64. The van der Waals surface area contributed by atoms with E-state index in [0.717, 1.165) is 23.1 Å². The number of likely N-dealkylation sites (N-methyl/N-ethyl adjacent to an activating group) is 1. The highest BCUT2D eigenvalue weighted by atomic mass is 79.9. The topological polar surface area (TPSA) is 15.3 Å². The van der Waals surface area contributed by atoms with Gasteiger partial charge in [-0.3, -0.25) is 0 Å². The average molecular weight is 338 g/mol. The first-order valence-electron chi connectivity index (χ1n) is 5.66. The van der Waals surface area contributed by atoms with Crippen LogP contribution in [0, 0.1) is 0 Å². The van der Waals surface area contributed by atoms with Gasteiger partial charge in [0.25, 0.3) is 0 Å². The zero-order chi connectivity index (χ0) is 12.4. The number of nitrogens with one attached hydrogen (secondary N) is 1. The van der Waals surface area contributed by atoms with Crippen molar-refractivity contribution >= 4 is 44.8 Å². The molecular formula is C12H15BrCl2N2. The fourth-order valence-corrected chi connectivity index (χ4v) is 3.49. The molecular weight excluding hydrogens is 323 g/mol. The quantitative estimate of drug-likeness (QED) is 0.867. The molecule has 1 atom stereocenters. The van der Waals surface area contributed by atoms with Crippen molar-refractivity contribution in [1.29, 1.82) is 0 Å². The van der Waals surface area contributed by atoms with Gasteiger partial charge in [0, 0.05) is 17.1 Å². The lowest BCUT2D eigenvalue weighted by Gasteiger charge is -2.31. The van der Waals surface area contributed by atoms with E-state index in [1.807, 2.05) is 12.1 Å². The van der Waals surface area contributed by atoms with Gasteiger partial charge < -0.3 is 10.2 Å². The molecule has 0 bridgehead atoms. The molecule has 1 N–H and O–H groups in total. The minimum absolute atomic E-state index is 0.421. The van der Waals surface area contributed by atoms with E-state index in [1.54, 1.807) is 0 Å². The van der Waals surface area contributed by atoms with Crippen LogP contribution in [0.1, 0.15) is 12.8 Å². The summed E-state index contributed by atoms with van der Waals surface area (Å²) in [5, 5.41) is 4.78. The van der Waals surface area contributed by atoms with Crippen molar-refractivity contribution in [2.24, 2.45) is 0 Å². The Hall–Kier alpha value is 0.0400. The summed E-state index contributed by atoms with van der Waals surface area (Å²) in [7, 11) is 2.14. The summed E-state index contributed by atoms with van der Waals surface area (Å²) >= 11 is 15.8. The van der Waals surface area contributed by atoms with Crippen molar-refractivity contribution in [3.8, 4) is 0 Å². The van der Waals surface area contributed by atoms with Gasteiger partial charge in [0.1, 0.15) is 0 Å². The minimum atomic E-state index is 0.421. The first kappa shape index (κ1) is 13.5. The van der Waals surface area contributed by atoms with E-state index in [9.17, 15) is 0 Å². The molecule has 1 aliphatic heterocycles. The van der Waals surface area contributed by atoms with E-state index in [0.29, 0.717) is 16.1 Å². The van der Waals surface area contributed by atoms with Gasteiger partial charge in [0.2, 0.25) is 0 Å². The molecule has 94 valence electrons. The standard InChI is InChI=1S/C12H15BrCl2N2/c1-17-4-2-3-9(7-17)16-12-10(14)5-8(13)6-11(12)15/h5-6,9,16H,2-4,7H2,1H3. The molecule has 2 rings (SSSR count). The van der Waals surface area contributed by atoms with Crippen molar-refractivity contribution in [1.82, 2.24) is 4.90 Å². The van der Waals surface area contributed by atoms with Gasteiger partial charge >= 0.3 is 0 Å². The third-order valence-electron chi connectivity index (χ3n) is 2.98. The number of benzene rings is 1. The van der Waals surface area contributed by atoms with Crippen LogP contribution in [0.25, 0.3) is 0 Å². The van der Waals surface area contributed by atoms with Crippen molar-refractivity contribution in [3.05, 3.63) is 26.7 Å². The predicted molar refractivity (Wildman–Crippen MR) is 78.3 cm³/mol. The average Bonchev–Trinajstić information content (AvgIpc) is 2.23. The zero-order valence-corrected chi connectivity index (χ0v) is 12.7. The van der Waals surface area contributed by atoms with E-state index in [-0.39, 0.29) is 0 Å². The summed E-state index contributed by atoms with van der Waals surface area (Å²) in [5.74, 6) is 0. The van der Waals surface area contributed by atoms with Gasteiger partial charge in [-0.2, -0.15) is 0 Å². The van der Waals surface area contributed by atoms with Crippen LogP contribution in [0.2, 0.25) is 10.0 Å². The van der Waals surface area contributed by atoms with E-state index in [2.05, 4.69) is 33.2 Å². The SMILES string of the molecule is CN1CCCC(Nc2c(Cl)cc(Br)cc2Cl)C1. The van der Waals surface area contributed by atoms with Crippen molar-refractivity contribution < 1.29 is 0 Å². The number of anilines is 1. The molecule has 0 aromatic heterocycles. The molecule has 1 unspecified atom stereocenters. The Kier molecular flexibility index (Phi) is 4.59. The molecule has 0 amide bonds. The monoisotopic (exact) mass is 336 g/mol. The summed E-state index contributed by atoms with van der Waals surface area (Å²) < 4.78 is 0.902. The Balaban J connectivity index is 2.12. The third-order valence-corrected chi connectivity index (χ3v) is 4.03. The fourth-order valence-electron chi connectivity index (χ4n) is 2.17. The Morgan fingerprint density at radius 3 is 2.59 bits per heavy atom. The number of hydrogen-bond acceptors (Lipinski definition) is 2. The van der Waals surface area contributed by atoms with E-state index in [1.165, 1.54) is 13.0 Å². The molecule has 1 aromatic carbocycles. The van der Waals surface area contributed by atoms with Crippen LogP contribution in [-0.2, 0) is 0 Å². The molecule has 1 aliphatic rings. The second-order valence-electron chi connectivity index (χ2n) is 4.49. The predicted octanol–water partition coefficient (Wildman–Crippen LogP) is 4.26. The summed E-state index contributed by atoms with van der Waals surface area (Å²) in [4.78, 5) is 2.32. The molecule has 0 saturated carbocycles. The number of halogens is 3. The molecule has 5 heteroatoms. The largest absolute Gasteiger partial charge is 0.379 e. The maximum atomic E-state index is 6.20. The highest BCUT2D eigenvalue weighted by molar-refractivity contribution is 9.10. The van der Waals surface area contributed by atoms with Gasteiger partial charge in [-0.25, -0.2) is 0 Å². The van der Waals surface area contributed by atoms with Gasteiger partial charge in [-0.05, 0) is 38.6 Å². The first-order chi connectivity index (χ1) is 8.06. The fraction of sp³-hybridized carbons (Fsp3) is 0.500. The van der Waals surface area contributed by atoms with Gasteiger partial charge in [0.15, 0.2) is 0 Å². The van der Waals surface area contributed by atoms with Crippen molar-refractivity contribution in [2.75, 3.05) is 25.5 Å². The molecule has 17 heavy (non-hydrogen) atoms. The first-order valence-corrected chi connectivity index (χ1v) is 7.21. The number of likely N-dealkylation sites (tertiary alicyclic amines) is 1. The lowest BCUT2D eigenvalue weighted by molar-refractivity contribution is 0.261. The second-order valence-corrected chi connectivity index (χ2v) is 6.22. The summed E-state index contributed by atoms with van der Waals surface area (Å²) in [5.41, 5.74) is 0.844. The Labute approximate surface area is 120 Å². The molecule has 0 radical (unpaired) electrons. The Morgan fingerprint density at radius 1 is 1.35 bits per heavy atom. The summed E-state index contributed by atoms with van der Waals surface area (Å²) in [6.45, 7) is 2.20. The lowest BCUT2D eigenvalue weighted by atomic mass is 10.1. The molecule has 2 nitrogen and oxygen atoms in total. The van der Waals surface area contributed by atoms with E-state index < -0.39 is 0 Å². The molecule has 1 aromatic rings. The highest BCUT2D eigenvalue weighted by Gasteiger charge is 2.19. The van der Waals surface area contributed by atoms with Crippen LogP contribution in [0.5, 0.6) is 0 Å².